The Morgan fingerprint density at radius 3 is 3.06 bits per heavy atom. The normalized spacial score (nSPS) is 12.9. The third-order valence-electron chi connectivity index (χ3n) is 2.32. The van der Waals surface area contributed by atoms with E-state index in [2.05, 4.69) is 26.0 Å². The van der Waals surface area contributed by atoms with Crippen molar-refractivity contribution < 1.29 is 9.52 Å². The monoisotopic (exact) mass is 285 g/mol. The molecule has 0 aliphatic heterocycles. The highest BCUT2D eigenvalue weighted by atomic mass is 79.9. The summed E-state index contributed by atoms with van der Waals surface area (Å²) in [5.74, 6) is 1.27. The summed E-state index contributed by atoms with van der Waals surface area (Å²) in [5, 5.41) is 14.0. The van der Waals surface area contributed by atoms with Crippen molar-refractivity contribution in [2.24, 2.45) is 0 Å². The van der Waals surface area contributed by atoms with E-state index in [1.54, 1.807) is 10.7 Å². The van der Waals surface area contributed by atoms with Crippen LogP contribution in [0, 0.1) is 0 Å². The van der Waals surface area contributed by atoms with Crippen LogP contribution in [-0.4, -0.2) is 19.9 Å². The summed E-state index contributed by atoms with van der Waals surface area (Å²) < 4.78 is 7.71. The summed E-state index contributed by atoms with van der Waals surface area (Å²) >= 11 is 3.31. The van der Waals surface area contributed by atoms with Gasteiger partial charge >= 0.3 is 0 Å². The molecule has 86 valence electrons. The van der Waals surface area contributed by atoms with Crippen molar-refractivity contribution in [3.05, 3.63) is 34.7 Å². The molecule has 1 unspecified atom stereocenters. The fourth-order valence-electron chi connectivity index (χ4n) is 1.52. The molecule has 2 aromatic rings. The SMILES string of the molecule is CCn1ncnc1CC(O)c1occc1Br. The highest BCUT2D eigenvalue weighted by Gasteiger charge is 2.18. The van der Waals surface area contributed by atoms with Crippen molar-refractivity contribution in [1.82, 2.24) is 14.8 Å². The van der Waals surface area contributed by atoms with Gasteiger partial charge in [0.05, 0.1) is 10.7 Å². The lowest BCUT2D eigenvalue weighted by molar-refractivity contribution is 0.145. The molecule has 0 spiro atoms. The average Bonchev–Trinajstić information content (AvgIpc) is 2.86. The molecule has 0 radical (unpaired) electrons. The molecule has 2 rings (SSSR count). The first-order chi connectivity index (χ1) is 7.72. The Hall–Kier alpha value is -1.14. The number of hydrogen-bond donors (Lipinski definition) is 1. The summed E-state index contributed by atoms with van der Waals surface area (Å²) in [7, 11) is 0. The fraction of sp³-hybridized carbons (Fsp3) is 0.400. The van der Waals surface area contributed by atoms with E-state index in [4.69, 9.17) is 4.42 Å². The molecule has 0 aliphatic rings. The molecule has 2 aromatic heterocycles. The number of furan rings is 1. The first-order valence-electron chi connectivity index (χ1n) is 5.00. The van der Waals surface area contributed by atoms with Crippen molar-refractivity contribution in [2.45, 2.75) is 26.0 Å². The molecule has 0 saturated carbocycles. The molecule has 0 aromatic carbocycles. The number of nitrogens with zero attached hydrogens (tertiary/aromatic N) is 3. The van der Waals surface area contributed by atoms with Gasteiger partial charge in [-0.25, -0.2) is 4.98 Å². The first kappa shape index (κ1) is 11.3. The minimum Gasteiger partial charge on any atom is -0.465 e. The van der Waals surface area contributed by atoms with Gasteiger partial charge in [0, 0.05) is 13.0 Å². The van der Waals surface area contributed by atoms with Crippen LogP contribution in [0.3, 0.4) is 0 Å². The van der Waals surface area contributed by atoms with E-state index >= 15 is 0 Å². The molecule has 16 heavy (non-hydrogen) atoms. The van der Waals surface area contributed by atoms with Crippen LogP contribution in [0.1, 0.15) is 24.6 Å². The van der Waals surface area contributed by atoms with Gasteiger partial charge in [-0.05, 0) is 28.9 Å². The smallest absolute Gasteiger partial charge is 0.146 e. The van der Waals surface area contributed by atoms with Gasteiger partial charge in [0.25, 0.3) is 0 Å². The second-order valence-electron chi connectivity index (χ2n) is 3.34. The third-order valence-corrected chi connectivity index (χ3v) is 2.97. The van der Waals surface area contributed by atoms with Gasteiger partial charge in [-0.2, -0.15) is 5.10 Å². The third kappa shape index (κ3) is 2.17. The first-order valence-corrected chi connectivity index (χ1v) is 5.79. The van der Waals surface area contributed by atoms with Crippen LogP contribution < -0.4 is 0 Å². The van der Waals surface area contributed by atoms with E-state index in [1.807, 2.05) is 6.92 Å². The Balaban J connectivity index is 2.13. The molecule has 6 heteroatoms. The maximum Gasteiger partial charge on any atom is 0.146 e. The predicted molar refractivity (Wildman–Crippen MR) is 60.8 cm³/mol. The quantitative estimate of drug-likeness (QED) is 0.932. The van der Waals surface area contributed by atoms with Gasteiger partial charge in [0.2, 0.25) is 0 Å². The minimum absolute atomic E-state index is 0.389. The molecule has 1 atom stereocenters. The van der Waals surface area contributed by atoms with Crippen LogP contribution in [-0.2, 0) is 13.0 Å². The molecule has 1 N–H and O–H groups in total. The van der Waals surface area contributed by atoms with E-state index in [0.29, 0.717) is 12.2 Å². The van der Waals surface area contributed by atoms with Crippen molar-refractivity contribution in [2.75, 3.05) is 0 Å². The number of aliphatic hydroxyl groups excluding tert-OH is 1. The fourth-order valence-corrected chi connectivity index (χ4v) is 1.98. The molecule has 0 aliphatic carbocycles. The zero-order chi connectivity index (χ0) is 11.5. The van der Waals surface area contributed by atoms with E-state index < -0.39 is 6.10 Å². The van der Waals surface area contributed by atoms with Gasteiger partial charge in [-0.15, -0.1) is 0 Å². The largest absolute Gasteiger partial charge is 0.465 e. The molecule has 0 amide bonds. The van der Waals surface area contributed by atoms with Crippen molar-refractivity contribution >= 4 is 15.9 Å². The van der Waals surface area contributed by atoms with Crippen LogP contribution in [0.4, 0.5) is 0 Å². The zero-order valence-electron chi connectivity index (χ0n) is 8.80. The molecule has 5 nitrogen and oxygen atoms in total. The molecule has 0 bridgehead atoms. The second kappa shape index (κ2) is 4.80. The Bertz CT molecular complexity index is 466. The Morgan fingerprint density at radius 2 is 2.44 bits per heavy atom. The minimum atomic E-state index is -0.709. The summed E-state index contributed by atoms with van der Waals surface area (Å²) in [4.78, 5) is 4.10. The standard InChI is InChI=1S/C10H12BrN3O2/c1-2-14-9(12-6-13-14)5-8(15)10-7(11)3-4-16-10/h3-4,6,8,15H,2,5H2,1H3. The van der Waals surface area contributed by atoms with Crippen molar-refractivity contribution in [3.8, 4) is 0 Å². The van der Waals surface area contributed by atoms with Gasteiger partial charge in [0.15, 0.2) is 0 Å². The summed E-state index contributed by atoms with van der Waals surface area (Å²) in [6.07, 6.45) is 2.70. The topological polar surface area (TPSA) is 64.1 Å². The predicted octanol–water partition coefficient (Wildman–Crippen LogP) is 1.93. The number of aryl methyl sites for hydroxylation is 1. The highest BCUT2D eigenvalue weighted by Crippen LogP contribution is 2.26. The molecule has 0 fully saturated rings. The van der Waals surface area contributed by atoms with Gasteiger partial charge in [0.1, 0.15) is 24.0 Å². The molecular weight excluding hydrogens is 274 g/mol. The van der Waals surface area contributed by atoms with Gasteiger partial charge in [-0.3, -0.25) is 4.68 Å². The number of aromatic nitrogens is 3. The zero-order valence-corrected chi connectivity index (χ0v) is 10.4. The second-order valence-corrected chi connectivity index (χ2v) is 4.20. The highest BCUT2D eigenvalue weighted by molar-refractivity contribution is 9.10. The van der Waals surface area contributed by atoms with Crippen LogP contribution in [0.15, 0.2) is 27.5 Å². The maximum atomic E-state index is 9.98. The summed E-state index contributed by atoms with van der Waals surface area (Å²) in [6, 6.07) is 1.75. The number of aliphatic hydroxyl groups is 1. The van der Waals surface area contributed by atoms with Crippen LogP contribution in [0.5, 0.6) is 0 Å². The van der Waals surface area contributed by atoms with Crippen LogP contribution in [0.25, 0.3) is 0 Å². The number of rotatable bonds is 4. The Labute approximate surface area is 101 Å². The summed E-state index contributed by atoms with van der Waals surface area (Å²) in [6.45, 7) is 2.72. The number of halogens is 1. The molecular formula is C10H12BrN3O2. The lowest BCUT2D eigenvalue weighted by atomic mass is 10.2. The lowest BCUT2D eigenvalue weighted by Gasteiger charge is -2.08. The Morgan fingerprint density at radius 1 is 1.62 bits per heavy atom. The molecule has 0 saturated heterocycles. The van der Waals surface area contributed by atoms with Gasteiger partial charge in [-0.1, -0.05) is 0 Å². The van der Waals surface area contributed by atoms with Crippen molar-refractivity contribution in [1.29, 1.82) is 0 Å². The average molecular weight is 286 g/mol. The van der Waals surface area contributed by atoms with Crippen LogP contribution >= 0.6 is 15.9 Å². The van der Waals surface area contributed by atoms with Crippen molar-refractivity contribution in [3.63, 3.8) is 0 Å². The van der Waals surface area contributed by atoms with E-state index in [1.165, 1.54) is 12.6 Å². The lowest BCUT2D eigenvalue weighted by Crippen LogP contribution is -2.09. The maximum absolute atomic E-state index is 9.98. The molecule has 2 heterocycles. The Kier molecular flexibility index (Phi) is 3.40. The van der Waals surface area contributed by atoms with Gasteiger partial charge < -0.3 is 9.52 Å². The number of hydrogen-bond acceptors (Lipinski definition) is 4. The van der Waals surface area contributed by atoms with Crippen LogP contribution in [0.2, 0.25) is 0 Å². The van der Waals surface area contributed by atoms with E-state index in [-0.39, 0.29) is 0 Å². The summed E-state index contributed by atoms with van der Waals surface area (Å²) in [5.41, 5.74) is 0. The van der Waals surface area contributed by atoms with E-state index in [9.17, 15) is 5.11 Å². The van der Waals surface area contributed by atoms with E-state index in [0.717, 1.165) is 16.8 Å².